The summed E-state index contributed by atoms with van der Waals surface area (Å²) in [5, 5.41) is 0. The summed E-state index contributed by atoms with van der Waals surface area (Å²) in [6, 6.07) is 10.1. The Morgan fingerprint density at radius 1 is 1.29 bits per heavy atom. The van der Waals surface area contributed by atoms with Crippen molar-refractivity contribution in [2.24, 2.45) is 17.8 Å². The first-order chi connectivity index (χ1) is 13.6. The molecule has 3 unspecified atom stereocenters. The summed E-state index contributed by atoms with van der Waals surface area (Å²) in [6.07, 6.45) is 3.90. The number of hydrogen-bond donors (Lipinski definition) is 0. The number of piperidine rings is 1. The van der Waals surface area contributed by atoms with E-state index in [1.54, 1.807) is 13.2 Å². The van der Waals surface area contributed by atoms with E-state index in [0.717, 1.165) is 18.4 Å². The third-order valence-electron chi connectivity index (χ3n) is 5.50. The van der Waals surface area contributed by atoms with Crippen molar-refractivity contribution in [2.45, 2.75) is 33.1 Å². The number of ether oxygens (including phenoxy) is 3. The van der Waals surface area contributed by atoms with E-state index in [1.807, 2.05) is 30.0 Å². The molecule has 0 aliphatic carbocycles. The Bertz CT molecular complexity index is 702. The zero-order valence-electron chi connectivity index (χ0n) is 16.6. The summed E-state index contributed by atoms with van der Waals surface area (Å²) in [5.74, 6) is -0.0733. The maximum Gasteiger partial charge on any atom is 0.310 e. The Kier molecular flexibility index (Phi) is 6.95. The molecule has 6 heteroatoms. The van der Waals surface area contributed by atoms with E-state index in [0.29, 0.717) is 31.9 Å². The van der Waals surface area contributed by atoms with Crippen molar-refractivity contribution in [3.8, 4) is 0 Å². The molecule has 0 spiro atoms. The highest BCUT2D eigenvalue weighted by atomic mass is 16.7. The van der Waals surface area contributed by atoms with Gasteiger partial charge in [0, 0.05) is 24.9 Å². The van der Waals surface area contributed by atoms with E-state index in [2.05, 4.69) is 12.1 Å². The quantitative estimate of drug-likeness (QED) is 0.673. The van der Waals surface area contributed by atoms with Crippen LogP contribution in [0.15, 0.2) is 42.4 Å². The van der Waals surface area contributed by atoms with Gasteiger partial charge in [-0.15, -0.1) is 0 Å². The van der Waals surface area contributed by atoms with Crippen molar-refractivity contribution in [3.05, 3.63) is 47.9 Å². The number of allylic oxidation sites excluding steroid dienone is 1. The lowest BCUT2D eigenvalue weighted by atomic mass is 9.85. The van der Waals surface area contributed by atoms with Crippen LogP contribution in [0.5, 0.6) is 0 Å². The van der Waals surface area contributed by atoms with Crippen LogP contribution in [0, 0.1) is 17.8 Å². The number of esters is 1. The zero-order valence-corrected chi connectivity index (χ0v) is 16.6. The molecule has 28 heavy (non-hydrogen) atoms. The second-order valence-electron chi connectivity index (χ2n) is 7.41. The van der Waals surface area contributed by atoms with E-state index in [9.17, 15) is 9.59 Å². The molecule has 3 rings (SSSR count). The molecule has 2 heterocycles. The van der Waals surface area contributed by atoms with Gasteiger partial charge in [-0.25, -0.2) is 0 Å². The van der Waals surface area contributed by atoms with Crippen LogP contribution in [0.1, 0.15) is 32.3 Å². The Morgan fingerprint density at radius 2 is 2.07 bits per heavy atom. The van der Waals surface area contributed by atoms with Crippen molar-refractivity contribution in [1.29, 1.82) is 0 Å². The maximum atomic E-state index is 13.3. The Balaban J connectivity index is 1.71. The summed E-state index contributed by atoms with van der Waals surface area (Å²) < 4.78 is 16.0. The predicted octanol–water partition coefficient (Wildman–Crippen LogP) is 3.13. The molecule has 0 saturated carbocycles. The number of nitrogens with zero attached hydrogens (tertiary/aromatic N) is 1. The van der Waals surface area contributed by atoms with Crippen molar-refractivity contribution < 1.29 is 23.8 Å². The van der Waals surface area contributed by atoms with Crippen LogP contribution in [0.2, 0.25) is 0 Å². The molecular weight excluding hydrogens is 358 g/mol. The first-order valence-corrected chi connectivity index (χ1v) is 10.0. The molecule has 2 aliphatic heterocycles. The van der Waals surface area contributed by atoms with Crippen molar-refractivity contribution >= 4 is 11.9 Å². The zero-order chi connectivity index (χ0) is 19.9. The van der Waals surface area contributed by atoms with Crippen LogP contribution in [0.3, 0.4) is 0 Å². The lowest BCUT2D eigenvalue weighted by molar-refractivity contribution is -0.152. The second-order valence-corrected chi connectivity index (χ2v) is 7.41. The number of carbonyl (C=O) groups is 2. The topological polar surface area (TPSA) is 65.1 Å². The van der Waals surface area contributed by atoms with Gasteiger partial charge in [-0.05, 0) is 31.7 Å². The Morgan fingerprint density at radius 3 is 2.75 bits per heavy atom. The first kappa shape index (κ1) is 20.2. The number of benzene rings is 1. The van der Waals surface area contributed by atoms with E-state index < -0.39 is 0 Å². The number of hydrogen-bond acceptors (Lipinski definition) is 5. The average molecular weight is 387 g/mol. The van der Waals surface area contributed by atoms with E-state index in [1.165, 1.54) is 0 Å². The highest BCUT2D eigenvalue weighted by Gasteiger charge is 2.36. The van der Waals surface area contributed by atoms with Gasteiger partial charge in [0.05, 0.1) is 12.5 Å². The van der Waals surface area contributed by atoms with Gasteiger partial charge in [-0.3, -0.25) is 9.59 Å². The van der Waals surface area contributed by atoms with E-state index in [-0.39, 0.29) is 36.4 Å². The molecule has 1 fully saturated rings. The third-order valence-corrected chi connectivity index (χ3v) is 5.50. The van der Waals surface area contributed by atoms with Crippen LogP contribution in [0.25, 0.3) is 0 Å². The SMILES string of the molecule is CCOC(=O)C1CCCN(C(=O)C(C)C(Cc2ccccc2)C2=COCO2)C1. The standard InChI is InChI=1S/C22H29NO5/c1-3-27-22(25)18-10-7-11-23(13-18)21(24)16(2)19(20-14-26-15-28-20)12-17-8-5-4-6-9-17/h4-6,8-9,14,16,18-19H,3,7,10-13,15H2,1-2H3. The molecule has 1 aromatic rings. The van der Waals surface area contributed by atoms with Gasteiger partial charge in [0.15, 0.2) is 0 Å². The molecule has 0 aromatic heterocycles. The number of likely N-dealkylation sites (tertiary alicyclic amines) is 1. The first-order valence-electron chi connectivity index (χ1n) is 10.0. The largest absolute Gasteiger partial charge is 0.466 e. The third kappa shape index (κ3) is 4.86. The van der Waals surface area contributed by atoms with Crippen LogP contribution in [0.4, 0.5) is 0 Å². The highest BCUT2D eigenvalue weighted by Crippen LogP contribution is 2.31. The molecule has 2 aliphatic rings. The fourth-order valence-electron chi connectivity index (χ4n) is 3.93. The fourth-order valence-corrected chi connectivity index (χ4v) is 3.93. The summed E-state index contributed by atoms with van der Waals surface area (Å²) in [7, 11) is 0. The van der Waals surface area contributed by atoms with Crippen LogP contribution < -0.4 is 0 Å². The molecule has 0 bridgehead atoms. The minimum atomic E-state index is -0.283. The lowest BCUT2D eigenvalue weighted by Crippen LogP contribution is -2.46. The van der Waals surface area contributed by atoms with Crippen molar-refractivity contribution in [3.63, 3.8) is 0 Å². The van der Waals surface area contributed by atoms with Gasteiger partial charge in [0.1, 0.15) is 12.0 Å². The molecule has 1 amide bonds. The number of amides is 1. The Labute approximate surface area is 166 Å². The summed E-state index contributed by atoms with van der Waals surface area (Å²) in [6.45, 7) is 5.40. The van der Waals surface area contributed by atoms with Gasteiger partial charge in [-0.2, -0.15) is 0 Å². The van der Waals surface area contributed by atoms with E-state index >= 15 is 0 Å². The summed E-state index contributed by atoms with van der Waals surface area (Å²) in [4.78, 5) is 27.2. The van der Waals surface area contributed by atoms with Crippen LogP contribution >= 0.6 is 0 Å². The minimum absolute atomic E-state index is 0.0475. The van der Waals surface area contributed by atoms with Gasteiger partial charge >= 0.3 is 5.97 Å². The number of rotatable bonds is 7. The van der Waals surface area contributed by atoms with Gasteiger partial charge in [0.25, 0.3) is 0 Å². The monoisotopic (exact) mass is 387 g/mol. The fraction of sp³-hybridized carbons (Fsp3) is 0.545. The normalized spacial score (nSPS) is 21.1. The van der Waals surface area contributed by atoms with Gasteiger partial charge in [0.2, 0.25) is 12.7 Å². The molecule has 152 valence electrons. The molecule has 1 saturated heterocycles. The van der Waals surface area contributed by atoms with Crippen LogP contribution in [-0.4, -0.2) is 43.3 Å². The average Bonchev–Trinajstić information content (AvgIpc) is 3.26. The second kappa shape index (κ2) is 9.62. The summed E-state index contributed by atoms with van der Waals surface area (Å²) >= 11 is 0. The van der Waals surface area contributed by atoms with Gasteiger partial charge < -0.3 is 19.1 Å². The molecule has 1 aromatic carbocycles. The minimum Gasteiger partial charge on any atom is -0.466 e. The smallest absolute Gasteiger partial charge is 0.310 e. The molecule has 6 nitrogen and oxygen atoms in total. The van der Waals surface area contributed by atoms with E-state index in [4.69, 9.17) is 14.2 Å². The summed E-state index contributed by atoms with van der Waals surface area (Å²) in [5.41, 5.74) is 1.14. The van der Waals surface area contributed by atoms with Gasteiger partial charge in [-0.1, -0.05) is 37.3 Å². The predicted molar refractivity (Wildman–Crippen MR) is 104 cm³/mol. The molecule has 3 atom stereocenters. The molecule has 0 N–H and O–H groups in total. The van der Waals surface area contributed by atoms with Crippen LogP contribution in [-0.2, 0) is 30.2 Å². The van der Waals surface area contributed by atoms with Crippen molar-refractivity contribution in [1.82, 2.24) is 4.90 Å². The Hall–Kier alpha value is -2.50. The van der Waals surface area contributed by atoms with Crippen molar-refractivity contribution in [2.75, 3.05) is 26.5 Å². The number of carbonyl (C=O) groups excluding carboxylic acids is 2. The molecule has 0 radical (unpaired) electrons. The molecular formula is C22H29NO5. The highest BCUT2D eigenvalue weighted by molar-refractivity contribution is 5.81. The maximum absolute atomic E-state index is 13.3. The lowest BCUT2D eigenvalue weighted by Gasteiger charge is -2.35.